The second-order valence-electron chi connectivity index (χ2n) is 3.70. The van der Waals surface area contributed by atoms with Gasteiger partial charge in [-0.15, -0.1) is 23.1 Å². The number of benzene rings is 1. The van der Waals surface area contributed by atoms with Crippen LogP contribution in [0.25, 0.3) is 0 Å². The fraction of sp³-hybridized carbons (Fsp3) is 0.200. The Labute approximate surface area is 121 Å². The molecule has 0 spiro atoms. The first-order chi connectivity index (χ1) is 9.33. The largest absolute Gasteiger partial charge is 0.487 e. The third kappa shape index (κ3) is 4.03. The van der Waals surface area contributed by atoms with Crippen LogP contribution in [0.3, 0.4) is 0 Å². The minimum Gasteiger partial charge on any atom is -0.487 e. The maximum atomic E-state index is 8.65. The third-order valence-corrected chi connectivity index (χ3v) is 4.09. The Balaban J connectivity index is 2.00. The van der Waals surface area contributed by atoms with E-state index >= 15 is 0 Å². The first-order valence-corrected chi connectivity index (χ1v) is 7.87. The second kappa shape index (κ2) is 7.25. The van der Waals surface area contributed by atoms with E-state index in [-0.39, 0.29) is 6.61 Å². The van der Waals surface area contributed by atoms with Gasteiger partial charge < -0.3 is 9.84 Å². The zero-order valence-electron chi connectivity index (χ0n) is 10.6. The molecule has 1 aromatic heterocycles. The lowest BCUT2D eigenvalue weighted by Crippen LogP contribution is -1.94. The van der Waals surface area contributed by atoms with Crippen molar-refractivity contribution in [1.82, 2.24) is 0 Å². The van der Waals surface area contributed by atoms with Crippen LogP contribution in [0.2, 0.25) is 0 Å². The molecule has 0 saturated heterocycles. The first-order valence-electron chi connectivity index (χ1n) is 5.76. The van der Waals surface area contributed by atoms with E-state index in [1.807, 2.05) is 42.0 Å². The van der Waals surface area contributed by atoms with Crippen molar-refractivity contribution in [2.45, 2.75) is 11.5 Å². The Morgan fingerprint density at radius 3 is 3.00 bits per heavy atom. The molecule has 0 aliphatic heterocycles. The number of hydrogen-bond donors (Lipinski definition) is 1. The van der Waals surface area contributed by atoms with Crippen molar-refractivity contribution in [3.05, 3.63) is 46.2 Å². The molecule has 98 valence electrons. The number of hydrogen-bond acceptors (Lipinski definition) is 4. The van der Waals surface area contributed by atoms with Crippen LogP contribution in [0.1, 0.15) is 10.4 Å². The molecule has 0 aliphatic carbocycles. The normalized spacial score (nSPS) is 9.79. The van der Waals surface area contributed by atoms with E-state index in [1.165, 1.54) is 0 Å². The van der Waals surface area contributed by atoms with Crippen molar-refractivity contribution in [3.8, 4) is 17.6 Å². The molecule has 0 unspecified atom stereocenters. The number of aliphatic hydroxyl groups excluding tert-OH is 1. The van der Waals surface area contributed by atoms with E-state index in [9.17, 15) is 0 Å². The predicted octanol–water partition coefficient (Wildman–Crippen LogP) is 3.39. The van der Waals surface area contributed by atoms with Gasteiger partial charge in [0.05, 0.1) is 0 Å². The number of para-hydroxylation sites is 1. The molecule has 0 amide bonds. The van der Waals surface area contributed by atoms with Crippen molar-refractivity contribution in [1.29, 1.82) is 0 Å². The third-order valence-electron chi connectivity index (χ3n) is 2.40. The Morgan fingerprint density at radius 1 is 1.37 bits per heavy atom. The summed E-state index contributed by atoms with van der Waals surface area (Å²) in [4.78, 5) is 2.26. The second-order valence-corrected chi connectivity index (χ2v) is 5.54. The lowest BCUT2D eigenvalue weighted by Gasteiger charge is -2.08. The quantitative estimate of drug-likeness (QED) is 0.691. The highest BCUT2D eigenvalue weighted by Gasteiger charge is 2.03. The molecule has 0 fully saturated rings. The molecular weight excluding hydrogens is 276 g/mol. The van der Waals surface area contributed by atoms with E-state index in [1.54, 1.807) is 23.1 Å². The summed E-state index contributed by atoms with van der Waals surface area (Å²) in [5, 5.41) is 10.6. The van der Waals surface area contributed by atoms with Crippen LogP contribution < -0.4 is 4.74 Å². The summed E-state index contributed by atoms with van der Waals surface area (Å²) >= 11 is 3.29. The summed E-state index contributed by atoms with van der Waals surface area (Å²) in [5.74, 6) is 6.43. The Bertz CT molecular complexity index is 593. The Kier molecular flexibility index (Phi) is 5.34. The van der Waals surface area contributed by atoms with Gasteiger partial charge >= 0.3 is 0 Å². The zero-order chi connectivity index (χ0) is 13.5. The number of ether oxygens (including phenoxy) is 1. The van der Waals surface area contributed by atoms with Crippen LogP contribution in [-0.2, 0) is 6.61 Å². The number of rotatable bonds is 4. The van der Waals surface area contributed by atoms with Crippen molar-refractivity contribution in [2.24, 2.45) is 0 Å². The van der Waals surface area contributed by atoms with Gasteiger partial charge in [-0.2, -0.15) is 0 Å². The summed E-state index contributed by atoms with van der Waals surface area (Å²) in [7, 11) is 0. The Morgan fingerprint density at radius 2 is 2.21 bits per heavy atom. The highest BCUT2D eigenvalue weighted by Crippen LogP contribution is 2.28. The van der Waals surface area contributed by atoms with Gasteiger partial charge in [-0.25, -0.2) is 0 Å². The van der Waals surface area contributed by atoms with Gasteiger partial charge in [0.2, 0.25) is 0 Å². The van der Waals surface area contributed by atoms with Crippen LogP contribution in [0.4, 0.5) is 0 Å². The number of thioether (sulfide) groups is 1. The minimum absolute atomic E-state index is 0.108. The molecule has 1 heterocycles. The fourth-order valence-electron chi connectivity index (χ4n) is 1.55. The van der Waals surface area contributed by atoms with Gasteiger partial charge in [-0.1, -0.05) is 24.0 Å². The van der Waals surface area contributed by atoms with Crippen LogP contribution >= 0.6 is 23.1 Å². The average molecular weight is 290 g/mol. The Hall–Kier alpha value is -1.41. The summed E-state index contributed by atoms with van der Waals surface area (Å²) in [6, 6.07) is 10.0. The molecule has 1 aromatic carbocycles. The fourth-order valence-corrected chi connectivity index (χ4v) is 2.82. The van der Waals surface area contributed by atoms with Crippen LogP contribution in [-0.4, -0.2) is 18.0 Å². The van der Waals surface area contributed by atoms with Gasteiger partial charge in [0.25, 0.3) is 0 Å². The van der Waals surface area contributed by atoms with Crippen LogP contribution in [0.15, 0.2) is 40.6 Å². The molecule has 2 nitrogen and oxygen atoms in total. The maximum Gasteiger partial charge on any atom is 0.133 e. The van der Waals surface area contributed by atoms with E-state index in [0.717, 1.165) is 21.1 Å². The van der Waals surface area contributed by atoms with Gasteiger partial charge in [-0.3, -0.25) is 0 Å². The maximum absolute atomic E-state index is 8.65. The number of aliphatic hydroxyl groups is 1. The molecule has 2 aromatic rings. The van der Waals surface area contributed by atoms with E-state index < -0.39 is 0 Å². The summed E-state index contributed by atoms with van der Waals surface area (Å²) < 4.78 is 5.82. The molecule has 0 bridgehead atoms. The number of thiophene rings is 1. The summed E-state index contributed by atoms with van der Waals surface area (Å²) in [6.45, 7) is 0.436. The summed E-state index contributed by atoms with van der Waals surface area (Å²) in [6.07, 6.45) is 2.04. The highest BCUT2D eigenvalue weighted by atomic mass is 32.2. The smallest absolute Gasteiger partial charge is 0.133 e. The van der Waals surface area contributed by atoms with Crippen molar-refractivity contribution < 1.29 is 9.84 Å². The van der Waals surface area contributed by atoms with Gasteiger partial charge in [-0.05, 0) is 24.5 Å². The van der Waals surface area contributed by atoms with Crippen molar-refractivity contribution in [3.63, 3.8) is 0 Å². The van der Waals surface area contributed by atoms with E-state index in [0.29, 0.717) is 6.61 Å². The molecule has 2 rings (SSSR count). The minimum atomic E-state index is -0.108. The van der Waals surface area contributed by atoms with Crippen molar-refractivity contribution >= 4 is 23.1 Å². The monoisotopic (exact) mass is 290 g/mol. The molecular formula is C15H14O2S2. The first kappa shape index (κ1) is 14.0. The lowest BCUT2D eigenvalue weighted by atomic mass is 10.3. The molecule has 19 heavy (non-hydrogen) atoms. The topological polar surface area (TPSA) is 29.5 Å². The SMILES string of the molecule is CSc1ccccc1OCc1cc(C#CCO)cs1. The van der Waals surface area contributed by atoms with Gasteiger partial charge in [0, 0.05) is 20.7 Å². The van der Waals surface area contributed by atoms with E-state index in [2.05, 4.69) is 11.8 Å². The zero-order valence-corrected chi connectivity index (χ0v) is 12.2. The van der Waals surface area contributed by atoms with Crippen LogP contribution in [0, 0.1) is 11.8 Å². The molecule has 0 saturated carbocycles. The molecule has 4 heteroatoms. The molecule has 1 N–H and O–H groups in total. The predicted molar refractivity (Wildman–Crippen MR) is 80.8 cm³/mol. The molecule has 0 atom stereocenters. The molecule has 0 radical (unpaired) electrons. The van der Waals surface area contributed by atoms with Crippen LogP contribution in [0.5, 0.6) is 5.75 Å². The van der Waals surface area contributed by atoms with Gasteiger partial charge in [0.15, 0.2) is 0 Å². The van der Waals surface area contributed by atoms with E-state index in [4.69, 9.17) is 9.84 Å². The van der Waals surface area contributed by atoms with Gasteiger partial charge in [0.1, 0.15) is 19.0 Å². The highest BCUT2D eigenvalue weighted by molar-refractivity contribution is 7.98. The summed E-state index contributed by atoms with van der Waals surface area (Å²) in [5.41, 5.74) is 0.927. The van der Waals surface area contributed by atoms with Crippen molar-refractivity contribution in [2.75, 3.05) is 12.9 Å². The average Bonchev–Trinajstić information content (AvgIpc) is 2.91. The standard InChI is InChI=1S/C15H14O2S2/c1-18-15-7-3-2-6-14(15)17-10-13-9-12(11-19-13)5-4-8-16/h2-3,6-7,9,11,16H,8,10H2,1H3. The lowest BCUT2D eigenvalue weighted by molar-refractivity contribution is 0.302. The molecule has 0 aliphatic rings.